The zero-order valence-corrected chi connectivity index (χ0v) is 16.4. The van der Waals surface area contributed by atoms with E-state index in [2.05, 4.69) is 19.6 Å². The lowest BCUT2D eigenvalue weighted by Crippen LogP contribution is -2.46. The Labute approximate surface area is 171 Å². The Morgan fingerprint density at radius 2 is 1.66 bits per heavy atom. The Hall–Kier alpha value is -2.81. The van der Waals surface area contributed by atoms with E-state index < -0.39 is 11.7 Å². The number of alkyl halides is 3. The van der Waals surface area contributed by atoms with Crippen molar-refractivity contribution in [3.63, 3.8) is 0 Å². The van der Waals surface area contributed by atoms with E-state index in [0.29, 0.717) is 44.4 Å². The van der Waals surface area contributed by atoms with Crippen LogP contribution >= 0.6 is 11.5 Å². The number of benzene rings is 2. The van der Waals surface area contributed by atoms with Crippen LogP contribution in [0.1, 0.15) is 11.1 Å². The third kappa shape index (κ3) is 4.79. The Kier molecular flexibility index (Phi) is 5.57. The average molecular weight is 419 g/mol. The van der Waals surface area contributed by atoms with Crippen molar-refractivity contribution in [2.24, 2.45) is 0 Å². The second-order valence-corrected chi connectivity index (χ2v) is 7.49. The molecule has 1 aromatic heterocycles. The SMILES string of the molecule is FC(F)(F)c1cccc(N2CCN(c3nc(NCc4ccccc4)ns3)CC2)c1. The van der Waals surface area contributed by atoms with Gasteiger partial charge in [0.05, 0.1) is 5.56 Å². The summed E-state index contributed by atoms with van der Waals surface area (Å²) in [6.45, 7) is 3.29. The largest absolute Gasteiger partial charge is 0.416 e. The van der Waals surface area contributed by atoms with Crippen LogP contribution in [0.4, 0.5) is 29.9 Å². The Bertz CT molecular complexity index is 937. The van der Waals surface area contributed by atoms with E-state index in [0.717, 1.165) is 16.8 Å². The highest BCUT2D eigenvalue weighted by molar-refractivity contribution is 7.09. The number of anilines is 3. The van der Waals surface area contributed by atoms with E-state index in [1.807, 2.05) is 35.2 Å². The summed E-state index contributed by atoms with van der Waals surface area (Å²) in [5.41, 5.74) is 1.14. The molecule has 0 bridgehead atoms. The van der Waals surface area contributed by atoms with Gasteiger partial charge in [-0.1, -0.05) is 36.4 Å². The van der Waals surface area contributed by atoms with Crippen molar-refractivity contribution in [2.75, 3.05) is 41.3 Å². The smallest absolute Gasteiger partial charge is 0.368 e. The number of halogens is 3. The number of rotatable bonds is 5. The van der Waals surface area contributed by atoms with E-state index in [-0.39, 0.29) is 0 Å². The molecular formula is C20H20F3N5S. The van der Waals surface area contributed by atoms with Gasteiger partial charge < -0.3 is 15.1 Å². The van der Waals surface area contributed by atoms with E-state index in [4.69, 9.17) is 0 Å². The van der Waals surface area contributed by atoms with Gasteiger partial charge in [0, 0.05) is 49.9 Å². The summed E-state index contributed by atoms with van der Waals surface area (Å²) in [6, 6.07) is 15.5. The van der Waals surface area contributed by atoms with Crippen molar-refractivity contribution < 1.29 is 13.2 Å². The van der Waals surface area contributed by atoms with Gasteiger partial charge in [-0.2, -0.15) is 22.5 Å². The molecule has 0 unspecified atom stereocenters. The van der Waals surface area contributed by atoms with Crippen molar-refractivity contribution in [3.8, 4) is 0 Å². The predicted molar refractivity (Wildman–Crippen MR) is 110 cm³/mol. The zero-order valence-electron chi connectivity index (χ0n) is 15.6. The van der Waals surface area contributed by atoms with Gasteiger partial charge in [-0.05, 0) is 23.8 Å². The van der Waals surface area contributed by atoms with Crippen LogP contribution in [0.15, 0.2) is 54.6 Å². The number of hydrogen-bond donors (Lipinski definition) is 1. The highest BCUT2D eigenvalue weighted by Crippen LogP contribution is 2.32. The minimum Gasteiger partial charge on any atom is -0.368 e. The minimum atomic E-state index is -4.33. The molecule has 152 valence electrons. The number of aromatic nitrogens is 2. The highest BCUT2D eigenvalue weighted by atomic mass is 32.1. The van der Waals surface area contributed by atoms with Gasteiger partial charge >= 0.3 is 6.18 Å². The Balaban J connectivity index is 1.34. The summed E-state index contributed by atoms with van der Waals surface area (Å²) < 4.78 is 43.2. The molecule has 5 nitrogen and oxygen atoms in total. The molecule has 1 saturated heterocycles. The molecule has 0 radical (unpaired) electrons. The molecule has 4 rings (SSSR count). The normalized spacial score (nSPS) is 14.9. The highest BCUT2D eigenvalue weighted by Gasteiger charge is 2.31. The monoisotopic (exact) mass is 419 g/mol. The van der Waals surface area contributed by atoms with Gasteiger partial charge in [0.15, 0.2) is 0 Å². The number of hydrogen-bond acceptors (Lipinski definition) is 6. The van der Waals surface area contributed by atoms with Crippen LogP contribution in [-0.4, -0.2) is 35.5 Å². The van der Waals surface area contributed by atoms with Crippen LogP contribution in [0.25, 0.3) is 0 Å². The maximum atomic E-state index is 12.9. The van der Waals surface area contributed by atoms with Crippen molar-refractivity contribution in [2.45, 2.75) is 12.7 Å². The van der Waals surface area contributed by atoms with E-state index in [1.165, 1.54) is 23.7 Å². The molecule has 0 atom stereocenters. The van der Waals surface area contributed by atoms with Gasteiger partial charge in [-0.15, -0.1) is 0 Å². The summed E-state index contributed by atoms with van der Waals surface area (Å²) in [4.78, 5) is 8.64. The first-order valence-corrected chi connectivity index (χ1v) is 10.0. The van der Waals surface area contributed by atoms with Crippen LogP contribution in [0, 0.1) is 0 Å². The first-order valence-electron chi connectivity index (χ1n) is 9.28. The van der Waals surface area contributed by atoms with Crippen LogP contribution in [0.3, 0.4) is 0 Å². The van der Waals surface area contributed by atoms with Crippen molar-refractivity contribution in [1.82, 2.24) is 9.36 Å². The molecular weight excluding hydrogens is 399 g/mol. The second kappa shape index (κ2) is 8.28. The molecule has 9 heteroatoms. The van der Waals surface area contributed by atoms with Crippen LogP contribution in [-0.2, 0) is 12.7 Å². The van der Waals surface area contributed by atoms with Crippen LogP contribution < -0.4 is 15.1 Å². The molecule has 2 aromatic carbocycles. The van der Waals surface area contributed by atoms with Gasteiger partial charge in [0.1, 0.15) is 0 Å². The van der Waals surface area contributed by atoms with Crippen molar-refractivity contribution in [1.29, 1.82) is 0 Å². The maximum Gasteiger partial charge on any atom is 0.416 e. The van der Waals surface area contributed by atoms with Gasteiger partial charge in [-0.3, -0.25) is 0 Å². The van der Waals surface area contributed by atoms with E-state index in [1.54, 1.807) is 6.07 Å². The zero-order chi connectivity index (χ0) is 20.3. The summed E-state index contributed by atoms with van der Waals surface area (Å²) in [6.07, 6.45) is -4.33. The first kappa shape index (κ1) is 19.5. The van der Waals surface area contributed by atoms with E-state index >= 15 is 0 Å². The van der Waals surface area contributed by atoms with Gasteiger partial charge in [0.25, 0.3) is 0 Å². The van der Waals surface area contributed by atoms with Crippen molar-refractivity contribution >= 4 is 28.3 Å². The molecule has 29 heavy (non-hydrogen) atoms. The Morgan fingerprint density at radius 3 is 2.38 bits per heavy atom. The standard InChI is InChI=1S/C20H20F3N5S/c21-20(22,23)16-7-4-8-17(13-16)27-9-11-28(12-10-27)19-25-18(26-29-19)24-14-15-5-2-1-3-6-15/h1-8,13H,9-12,14H2,(H,24,26). The lowest BCUT2D eigenvalue weighted by atomic mass is 10.1. The fourth-order valence-electron chi connectivity index (χ4n) is 3.23. The summed E-state index contributed by atoms with van der Waals surface area (Å²) in [7, 11) is 0. The second-order valence-electron chi connectivity index (χ2n) is 6.76. The topological polar surface area (TPSA) is 44.3 Å². The molecule has 0 aliphatic carbocycles. The average Bonchev–Trinajstić information content (AvgIpc) is 3.22. The lowest BCUT2D eigenvalue weighted by Gasteiger charge is -2.36. The maximum absolute atomic E-state index is 12.9. The molecule has 0 spiro atoms. The van der Waals surface area contributed by atoms with Crippen LogP contribution in [0.2, 0.25) is 0 Å². The molecule has 0 saturated carbocycles. The van der Waals surface area contributed by atoms with E-state index in [9.17, 15) is 13.2 Å². The molecule has 2 heterocycles. The molecule has 3 aromatic rings. The third-order valence-electron chi connectivity index (χ3n) is 4.80. The Morgan fingerprint density at radius 1 is 0.931 bits per heavy atom. The third-order valence-corrected chi connectivity index (χ3v) is 5.57. The first-order chi connectivity index (χ1) is 14.0. The summed E-state index contributed by atoms with van der Waals surface area (Å²) >= 11 is 1.33. The quantitative estimate of drug-likeness (QED) is 0.660. The fourth-order valence-corrected chi connectivity index (χ4v) is 3.93. The lowest BCUT2D eigenvalue weighted by molar-refractivity contribution is -0.137. The van der Waals surface area contributed by atoms with Gasteiger partial charge in [0.2, 0.25) is 11.1 Å². The number of nitrogens with zero attached hydrogens (tertiary/aromatic N) is 4. The molecule has 1 aliphatic heterocycles. The van der Waals surface area contributed by atoms with Gasteiger partial charge in [-0.25, -0.2) is 0 Å². The molecule has 0 amide bonds. The fraction of sp³-hybridized carbons (Fsp3) is 0.300. The summed E-state index contributed by atoms with van der Waals surface area (Å²) in [5, 5.41) is 4.04. The number of nitrogens with one attached hydrogen (secondary N) is 1. The predicted octanol–water partition coefficient (Wildman–Crippen LogP) is 4.50. The molecule has 1 aliphatic rings. The number of piperazine rings is 1. The molecule has 1 fully saturated rings. The van der Waals surface area contributed by atoms with Crippen molar-refractivity contribution in [3.05, 3.63) is 65.7 Å². The minimum absolute atomic E-state index is 0.592. The summed E-state index contributed by atoms with van der Waals surface area (Å²) in [5.74, 6) is 0.592. The van der Waals surface area contributed by atoms with Crippen LogP contribution in [0.5, 0.6) is 0 Å². The molecule has 1 N–H and O–H groups in total.